The van der Waals surface area contributed by atoms with Gasteiger partial charge in [-0.1, -0.05) is 17.2 Å². The molecule has 0 saturated heterocycles. The van der Waals surface area contributed by atoms with Crippen LogP contribution in [0.15, 0.2) is 53.3 Å². The molecule has 3 N–H and O–H groups in total. The second-order valence-electron chi connectivity index (χ2n) is 6.56. The van der Waals surface area contributed by atoms with Crippen LogP contribution < -0.4 is 10.9 Å². The summed E-state index contributed by atoms with van der Waals surface area (Å²) in [6.07, 6.45) is 0. The lowest BCUT2D eigenvalue weighted by atomic mass is 9.92. The number of nitrogens with zero attached hydrogens (tertiary/aromatic N) is 6. The highest BCUT2D eigenvalue weighted by Crippen LogP contribution is 2.41. The minimum absolute atomic E-state index is 0.0620. The van der Waals surface area contributed by atoms with Gasteiger partial charge in [0.2, 0.25) is 5.95 Å². The van der Waals surface area contributed by atoms with Crippen LogP contribution in [0.3, 0.4) is 0 Å². The van der Waals surface area contributed by atoms with E-state index in [1.54, 1.807) is 24.3 Å². The van der Waals surface area contributed by atoms with Crippen molar-refractivity contribution in [2.75, 3.05) is 5.32 Å². The average molecular weight is 404 g/mol. The van der Waals surface area contributed by atoms with Crippen molar-refractivity contribution in [2.45, 2.75) is 6.04 Å². The molecule has 0 unspecified atom stereocenters. The van der Waals surface area contributed by atoms with Gasteiger partial charge < -0.3 is 10.4 Å². The number of nitro benzene ring substituents is 1. The number of non-ortho nitro benzene ring substituents is 1. The van der Waals surface area contributed by atoms with Crippen molar-refractivity contribution in [3.63, 3.8) is 0 Å². The van der Waals surface area contributed by atoms with E-state index in [0.717, 1.165) is 0 Å². The van der Waals surface area contributed by atoms with E-state index in [4.69, 9.17) is 0 Å². The van der Waals surface area contributed by atoms with Gasteiger partial charge in [-0.2, -0.15) is 9.78 Å². The molecule has 0 saturated carbocycles. The first-order valence-electron chi connectivity index (χ1n) is 8.74. The Morgan fingerprint density at radius 1 is 1.10 bits per heavy atom. The molecule has 0 fully saturated rings. The third-order valence-electron chi connectivity index (χ3n) is 4.83. The Balaban J connectivity index is 1.76. The molecular weight excluding hydrogens is 392 g/mol. The molecule has 0 amide bonds. The highest BCUT2D eigenvalue weighted by atomic mass is 16.6. The molecule has 12 heteroatoms. The maximum absolute atomic E-state index is 12.6. The van der Waals surface area contributed by atoms with Gasteiger partial charge in [-0.3, -0.25) is 14.9 Å². The third kappa shape index (κ3) is 2.66. The van der Waals surface area contributed by atoms with E-state index < -0.39 is 16.5 Å². The smallest absolute Gasteiger partial charge is 0.288 e. The first kappa shape index (κ1) is 17.5. The standard InChI is InChI=1S/C18H12N8O4/c27-12-7-3-10(4-8-12)16-13-14(9-1-5-11(6-2-9)26(29)30)20-21-17(28)15(13)19-18-22-23-24-25(16)18/h1-8,16,27H,(H,21,28)(H,19,22,24)/t16-/m0/s1. The Morgan fingerprint density at radius 2 is 1.83 bits per heavy atom. The molecule has 1 aliphatic heterocycles. The summed E-state index contributed by atoms with van der Waals surface area (Å²) >= 11 is 0. The van der Waals surface area contributed by atoms with E-state index in [9.17, 15) is 20.0 Å². The maximum Gasteiger partial charge on any atom is 0.288 e. The molecule has 148 valence electrons. The van der Waals surface area contributed by atoms with Crippen LogP contribution in [0, 0.1) is 10.1 Å². The predicted molar refractivity (Wildman–Crippen MR) is 103 cm³/mol. The SMILES string of the molecule is O=c1[nH]nc(-c2ccc([N+](=O)[O-])cc2)c2c1Nc1nnnn1[C@H]2c1ccc(O)cc1. The van der Waals surface area contributed by atoms with Crippen LogP contribution in [0.5, 0.6) is 5.75 Å². The Hall–Kier alpha value is -4.61. The molecule has 2 aromatic carbocycles. The monoisotopic (exact) mass is 404 g/mol. The van der Waals surface area contributed by atoms with E-state index in [-0.39, 0.29) is 23.1 Å². The summed E-state index contributed by atoms with van der Waals surface area (Å²) in [6.45, 7) is 0. The molecule has 0 spiro atoms. The van der Waals surface area contributed by atoms with Crippen LogP contribution in [0.25, 0.3) is 11.3 Å². The number of anilines is 2. The lowest BCUT2D eigenvalue weighted by molar-refractivity contribution is -0.384. The molecule has 0 aliphatic carbocycles. The number of hydrogen-bond acceptors (Lipinski definition) is 9. The second-order valence-corrected chi connectivity index (χ2v) is 6.56. The van der Waals surface area contributed by atoms with Gasteiger partial charge in [0.25, 0.3) is 11.2 Å². The molecule has 5 rings (SSSR count). The summed E-state index contributed by atoms with van der Waals surface area (Å²) in [5.74, 6) is 0.358. The molecule has 12 nitrogen and oxygen atoms in total. The average Bonchev–Trinajstić information content (AvgIpc) is 3.22. The topological polar surface area (TPSA) is 165 Å². The van der Waals surface area contributed by atoms with E-state index >= 15 is 0 Å². The van der Waals surface area contributed by atoms with Crippen molar-refractivity contribution >= 4 is 17.3 Å². The Morgan fingerprint density at radius 3 is 2.53 bits per heavy atom. The molecule has 0 bridgehead atoms. The van der Waals surface area contributed by atoms with Crippen molar-refractivity contribution in [1.82, 2.24) is 30.4 Å². The van der Waals surface area contributed by atoms with Crippen molar-refractivity contribution < 1.29 is 10.0 Å². The van der Waals surface area contributed by atoms with Gasteiger partial charge in [0.1, 0.15) is 17.5 Å². The Kier molecular flexibility index (Phi) is 3.78. The number of hydrogen-bond donors (Lipinski definition) is 3. The van der Waals surface area contributed by atoms with Gasteiger partial charge in [-0.25, -0.2) is 5.10 Å². The number of phenols is 1. The molecular formula is C18H12N8O4. The van der Waals surface area contributed by atoms with Gasteiger partial charge in [0, 0.05) is 23.3 Å². The molecule has 4 aromatic rings. The molecule has 1 atom stereocenters. The van der Waals surface area contributed by atoms with Crippen LogP contribution in [0.1, 0.15) is 17.2 Å². The minimum atomic E-state index is -0.619. The minimum Gasteiger partial charge on any atom is -0.508 e. The van der Waals surface area contributed by atoms with Crippen LogP contribution in [0.4, 0.5) is 17.3 Å². The van der Waals surface area contributed by atoms with Crippen LogP contribution in [-0.2, 0) is 0 Å². The number of phenolic OH excluding ortho intramolecular Hbond substituents is 1. The van der Waals surface area contributed by atoms with Crippen LogP contribution in [-0.4, -0.2) is 40.4 Å². The van der Waals surface area contributed by atoms with Gasteiger partial charge in [0.05, 0.1) is 10.6 Å². The molecule has 0 radical (unpaired) electrons. The van der Waals surface area contributed by atoms with Crippen molar-refractivity contribution in [3.05, 3.63) is 80.1 Å². The van der Waals surface area contributed by atoms with Crippen molar-refractivity contribution in [2.24, 2.45) is 0 Å². The number of fused-ring (bicyclic) bond motifs is 2. The summed E-state index contributed by atoms with van der Waals surface area (Å²) < 4.78 is 1.50. The summed E-state index contributed by atoms with van der Waals surface area (Å²) in [6, 6.07) is 11.7. The third-order valence-corrected chi connectivity index (χ3v) is 4.83. The zero-order valence-corrected chi connectivity index (χ0v) is 15.1. The quantitative estimate of drug-likeness (QED) is 0.300. The molecule has 2 aromatic heterocycles. The maximum atomic E-state index is 12.6. The number of nitrogens with one attached hydrogen (secondary N) is 2. The van der Waals surface area contributed by atoms with Crippen LogP contribution in [0.2, 0.25) is 0 Å². The highest BCUT2D eigenvalue weighted by Gasteiger charge is 2.34. The fraction of sp³-hybridized carbons (Fsp3) is 0.0556. The number of aromatic hydroxyl groups is 1. The largest absolute Gasteiger partial charge is 0.508 e. The molecule has 1 aliphatic rings. The highest BCUT2D eigenvalue weighted by molar-refractivity contribution is 5.75. The van der Waals surface area contributed by atoms with Crippen molar-refractivity contribution in [1.29, 1.82) is 0 Å². The summed E-state index contributed by atoms with van der Waals surface area (Å²) in [5.41, 5.74) is 1.87. The Labute approximate surface area is 167 Å². The first-order valence-corrected chi connectivity index (χ1v) is 8.74. The van der Waals surface area contributed by atoms with Crippen LogP contribution >= 0.6 is 0 Å². The normalized spacial score (nSPS) is 14.5. The fourth-order valence-corrected chi connectivity index (χ4v) is 3.46. The van der Waals surface area contributed by atoms with E-state index in [1.807, 2.05) is 0 Å². The molecule has 30 heavy (non-hydrogen) atoms. The molecule has 3 heterocycles. The number of aromatic nitrogens is 6. The van der Waals surface area contributed by atoms with E-state index in [1.165, 1.54) is 28.9 Å². The van der Waals surface area contributed by atoms with Gasteiger partial charge in [0.15, 0.2) is 0 Å². The number of benzene rings is 2. The second kappa shape index (κ2) is 6.48. The summed E-state index contributed by atoms with van der Waals surface area (Å²) in [4.78, 5) is 23.1. The Bertz CT molecular complexity index is 1330. The fourth-order valence-electron chi connectivity index (χ4n) is 3.46. The lowest BCUT2D eigenvalue weighted by Crippen LogP contribution is -2.29. The number of nitro groups is 1. The summed E-state index contributed by atoms with van der Waals surface area (Å²) in [7, 11) is 0. The number of H-pyrrole nitrogens is 1. The number of aromatic amines is 1. The van der Waals surface area contributed by atoms with Crippen molar-refractivity contribution in [3.8, 4) is 17.0 Å². The summed E-state index contributed by atoms with van der Waals surface area (Å²) in [5, 5.41) is 41.9. The number of tetrazole rings is 1. The van der Waals surface area contributed by atoms with E-state index in [0.29, 0.717) is 22.4 Å². The predicted octanol–water partition coefficient (Wildman–Crippen LogP) is 1.73. The zero-order chi connectivity index (χ0) is 20.8. The van der Waals surface area contributed by atoms with Gasteiger partial charge in [-0.15, -0.1) is 0 Å². The van der Waals surface area contributed by atoms with Gasteiger partial charge in [-0.05, 0) is 40.3 Å². The zero-order valence-electron chi connectivity index (χ0n) is 15.1. The first-order chi connectivity index (χ1) is 14.5. The lowest BCUT2D eigenvalue weighted by Gasteiger charge is -2.27. The number of rotatable bonds is 3. The van der Waals surface area contributed by atoms with Gasteiger partial charge >= 0.3 is 0 Å². The van der Waals surface area contributed by atoms with E-state index in [2.05, 4.69) is 31.0 Å².